The molecule has 9 nitrogen and oxygen atoms in total. The number of likely N-dealkylation sites (N-methyl/N-ethyl adjacent to an activating group) is 1. The van der Waals surface area contributed by atoms with E-state index in [2.05, 4.69) is 17.1 Å². The second-order valence-electron chi connectivity index (χ2n) is 10.1. The molecule has 36 heavy (non-hydrogen) atoms. The molecule has 0 saturated carbocycles. The molecule has 0 spiro atoms. The predicted molar refractivity (Wildman–Crippen MR) is 137 cm³/mol. The van der Waals surface area contributed by atoms with Gasteiger partial charge in [-0.25, -0.2) is 0 Å². The normalized spacial score (nSPS) is 36.3. The van der Waals surface area contributed by atoms with Crippen LogP contribution in [0, 0.1) is 5.92 Å². The van der Waals surface area contributed by atoms with Crippen LogP contribution in [-0.2, 0) is 19.0 Å². The number of aliphatic hydroxyl groups excluding tert-OH is 2. The molecule has 0 radical (unpaired) electrons. The molecular weight excluding hydrogens is 484 g/mol. The Kier molecular flexibility index (Phi) is 9.19. The van der Waals surface area contributed by atoms with E-state index in [9.17, 15) is 15.0 Å². The molecule has 0 aliphatic carbocycles. The van der Waals surface area contributed by atoms with Crippen molar-refractivity contribution in [2.75, 3.05) is 27.0 Å². The minimum atomic E-state index is -0.925. The van der Waals surface area contributed by atoms with E-state index in [1.165, 1.54) is 11.8 Å². The summed E-state index contributed by atoms with van der Waals surface area (Å²) in [6.45, 7) is 4.68. The fraction of sp³-hybridized carbons (Fsp3) is 0.731. The Morgan fingerprint density at radius 3 is 2.56 bits per heavy atom. The van der Waals surface area contributed by atoms with Crippen molar-refractivity contribution in [2.24, 2.45) is 5.92 Å². The zero-order valence-corrected chi connectivity index (χ0v) is 22.5. The van der Waals surface area contributed by atoms with Crippen molar-refractivity contribution in [1.29, 1.82) is 0 Å². The monoisotopic (exact) mass is 524 g/mol. The Bertz CT molecular complexity index is 872. The standard InChI is InChI=1S/C26H40N2O7S/c1-6-7-15-12-18(28(3)13-15)24(31)27-19(14(2)29)21-23-22(20(30)26(35-21)36-5)33-25(34-23)16-8-10-17(32-4)11-9-16/h8-11,14-15,18-23,25-26,29-30H,6-7,12-13H2,1-5H3,(H,27,31)/t14-,15+,18-,19+,20+,21-,22-,23+,25-,26+/m0/s1. The first kappa shape index (κ1) is 27.6. The van der Waals surface area contributed by atoms with Crippen LogP contribution in [0.5, 0.6) is 5.75 Å². The molecule has 10 heteroatoms. The first-order valence-corrected chi connectivity index (χ1v) is 14.1. The van der Waals surface area contributed by atoms with Gasteiger partial charge in [-0.2, -0.15) is 0 Å². The van der Waals surface area contributed by atoms with Crippen LogP contribution in [0.2, 0.25) is 0 Å². The topological polar surface area (TPSA) is 110 Å². The lowest BCUT2D eigenvalue weighted by Gasteiger charge is -2.43. The molecule has 202 valence electrons. The van der Waals surface area contributed by atoms with Crippen molar-refractivity contribution in [3.63, 3.8) is 0 Å². The number of hydrogen-bond donors (Lipinski definition) is 3. The number of carbonyl (C=O) groups excluding carboxylic acids is 1. The number of rotatable bonds is 9. The quantitative estimate of drug-likeness (QED) is 0.446. The van der Waals surface area contributed by atoms with E-state index in [4.69, 9.17) is 18.9 Å². The molecule has 3 aliphatic rings. The smallest absolute Gasteiger partial charge is 0.237 e. The Morgan fingerprint density at radius 2 is 1.94 bits per heavy atom. The first-order valence-electron chi connectivity index (χ1n) is 12.8. The number of aliphatic hydroxyl groups is 2. The maximum Gasteiger partial charge on any atom is 0.237 e. The summed E-state index contributed by atoms with van der Waals surface area (Å²) in [6.07, 6.45) is 0.228. The highest BCUT2D eigenvalue weighted by Gasteiger charge is 2.55. The van der Waals surface area contributed by atoms with Crippen molar-refractivity contribution in [3.05, 3.63) is 29.8 Å². The molecular formula is C26H40N2O7S. The fourth-order valence-corrected chi connectivity index (χ4v) is 6.32. The third-order valence-electron chi connectivity index (χ3n) is 7.55. The number of amides is 1. The Balaban J connectivity index is 1.53. The Hall–Kier alpha value is -1.40. The molecule has 1 aromatic rings. The van der Waals surface area contributed by atoms with Crippen molar-refractivity contribution in [1.82, 2.24) is 10.2 Å². The predicted octanol–water partition coefficient (Wildman–Crippen LogP) is 1.91. The second-order valence-corrected chi connectivity index (χ2v) is 11.1. The number of ether oxygens (including phenoxy) is 4. The molecule has 3 fully saturated rings. The van der Waals surface area contributed by atoms with Gasteiger partial charge in [0.25, 0.3) is 0 Å². The third-order valence-corrected chi connectivity index (χ3v) is 8.41. The fourth-order valence-electron chi connectivity index (χ4n) is 5.65. The highest BCUT2D eigenvalue weighted by molar-refractivity contribution is 7.99. The summed E-state index contributed by atoms with van der Waals surface area (Å²) in [7, 11) is 3.57. The van der Waals surface area contributed by atoms with E-state index in [1.54, 1.807) is 14.0 Å². The molecule has 3 heterocycles. The number of carbonyl (C=O) groups is 1. The van der Waals surface area contributed by atoms with Gasteiger partial charge in [0, 0.05) is 12.1 Å². The molecule has 1 amide bonds. The summed E-state index contributed by atoms with van der Waals surface area (Å²) in [5.74, 6) is 1.08. The number of fused-ring (bicyclic) bond motifs is 1. The van der Waals surface area contributed by atoms with Crippen molar-refractivity contribution < 1.29 is 34.0 Å². The van der Waals surface area contributed by atoms with Gasteiger partial charge < -0.3 is 34.5 Å². The van der Waals surface area contributed by atoms with Gasteiger partial charge in [0.15, 0.2) is 6.29 Å². The van der Waals surface area contributed by atoms with E-state index in [0.29, 0.717) is 11.7 Å². The maximum atomic E-state index is 13.4. The van der Waals surface area contributed by atoms with E-state index in [-0.39, 0.29) is 11.9 Å². The summed E-state index contributed by atoms with van der Waals surface area (Å²) in [6, 6.07) is 6.36. The highest BCUT2D eigenvalue weighted by atomic mass is 32.2. The number of nitrogens with zero attached hydrogens (tertiary/aromatic N) is 1. The average molecular weight is 525 g/mol. The van der Waals surface area contributed by atoms with Crippen LogP contribution in [0.1, 0.15) is 45.0 Å². The summed E-state index contributed by atoms with van der Waals surface area (Å²) >= 11 is 1.36. The summed E-state index contributed by atoms with van der Waals surface area (Å²) < 4.78 is 24.0. The molecule has 3 saturated heterocycles. The minimum absolute atomic E-state index is 0.125. The molecule has 3 N–H and O–H groups in total. The molecule has 10 atom stereocenters. The summed E-state index contributed by atoms with van der Waals surface area (Å²) in [5.41, 5.74) is 0.194. The van der Waals surface area contributed by atoms with Gasteiger partial charge in [-0.15, -0.1) is 11.8 Å². The number of hydrogen-bond acceptors (Lipinski definition) is 9. The maximum absolute atomic E-state index is 13.4. The first-order chi connectivity index (χ1) is 17.3. The van der Waals surface area contributed by atoms with Crippen LogP contribution in [-0.4, -0.2) is 96.0 Å². The van der Waals surface area contributed by atoms with E-state index in [0.717, 1.165) is 31.4 Å². The highest BCUT2D eigenvalue weighted by Crippen LogP contribution is 2.42. The van der Waals surface area contributed by atoms with E-state index >= 15 is 0 Å². The Morgan fingerprint density at radius 1 is 1.25 bits per heavy atom. The van der Waals surface area contributed by atoms with Gasteiger partial charge in [0.1, 0.15) is 35.6 Å². The summed E-state index contributed by atoms with van der Waals surface area (Å²) in [4.78, 5) is 15.4. The third kappa shape index (κ3) is 5.70. The number of benzene rings is 1. The Labute approximate surface area is 217 Å². The lowest BCUT2D eigenvalue weighted by molar-refractivity contribution is -0.176. The minimum Gasteiger partial charge on any atom is -0.497 e. The van der Waals surface area contributed by atoms with Gasteiger partial charge >= 0.3 is 0 Å². The van der Waals surface area contributed by atoms with Gasteiger partial charge in [-0.1, -0.05) is 25.5 Å². The van der Waals surface area contributed by atoms with Gasteiger partial charge in [-0.05, 0) is 51.1 Å². The van der Waals surface area contributed by atoms with Crippen LogP contribution in [0.4, 0.5) is 0 Å². The van der Waals surface area contributed by atoms with E-state index < -0.39 is 48.3 Å². The molecule has 0 bridgehead atoms. The van der Waals surface area contributed by atoms with Crippen molar-refractivity contribution in [2.45, 2.75) is 87.4 Å². The van der Waals surface area contributed by atoms with Crippen molar-refractivity contribution >= 4 is 17.7 Å². The molecule has 4 rings (SSSR count). The average Bonchev–Trinajstić information content (AvgIpc) is 3.47. The van der Waals surface area contributed by atoms with Crippen LogP contribution >= 0.6 is 11.8 Å². The zero-order valence-electron chi connectivity index (χ0n) is 21.7. The SMILES string of the molecule is CCC[C@@H]1C[C@@H](C(=O)N[C@@H]([C@@H]2O[C@H](SC)[C@H](O)[C@@H]3O[C@H](c4ccc(OC)cc4)O[C@@H]32)[C@H](C)O)N(C)C1. The molecule has 0 unspecified atom stereocenters. The molecule has 3 aliphatic heterocycles. The van der Waals surface area contributed by atoms with Crippen LogP contribution in [0.3, 0.4) is 0 Å². The van der Waals surface area contributed by atoms with Gasteiger partial charge in [0.05, 0.1) is 25.3 Å². The lowest BCUT2D eigenvalue weighted by atomic mass is 9.92. The zero-order chi connectivity index (χ0) is 26.0. The van der Waals surface area contributed by atoms with Crippen LogP contribution < -0.4 is 10.1 Å². The lowest BCUT2D eigenvalue weighted by Crippen LogP contribution is -2.65. The summed E-state index contributed by atoms with van der Waals surface area (Å²) in [5, 5.41) is 24.8. The van der Waals surface area contributed by atoms with Crippen LogP contribution in [0.15, 0.2) is 24.3 Å². The molecule has 1 aromatic carbocycles. The number of methoxy groups -OCH3 is 1. The molecule has 0 aromatic heterocycles. The number of thioether (sulfide) groups is 1. The largest absolute Gasteiger partial charge is 0.497 e. The van der Waals surface area contributed by atoms with Crippen LogP contribution in [0.25, 0.3) is 0 Å². The number of likely N-dealkylation sites (tertiary alicyclic amines) is 1. The second kappa shape index (κ2) is 12.0. The van der Waals surface area contributed by atoms with E-state index in [1.807, 2.05) is 37.6 Å². The number of nitrogens with one attached hydrogen (secondary N) is 1. The van der Waals surface area contributed by atoms with Crippen molar-refractivity contribution in [3.8, 4) is 5.75 Å². The van der Waals surface area contributed by atoms with Gasteiger partial charge in [-0.3, -0.25) is 9.69 Å². The van der Waals surface area contributed by atoms with Gasteiger partial charge in [0.2, 0.25) is 5.91 Å².